The first-order valence-electron chi connectivity index (χ1n) is 8.82. The molecule has 2 N–H and O–H groups in total. The van der Waals surface area contributed by atoms with E-state index in [0.717, 1.165) is 10.0 Å². The van der Waals surface area contributed by atoms with Crippen molar-refractivity contribution in [2.45, 2.75) is 6.04 Å². The van der Waals surface area contributed by atoms with Crippen LogP contribution in [0.15, 0.2) is 64.6 Å². The van der Waals surface area contributed by atoms with Crippen LogP contribution in [-0.4, -0.2) is 53.2 Å². The van der Waals surface area contributed by atoms with Gasteiger partial charge in [-0.15, -0.1) is 0 Å². The molecule has 0 spiro atoms. The molecule has 7 heteroatoms. The molecular formula is C21H20BrNO5. The molecule has 1 heterocycles. The summed E-state index contributed by atoms with van der Waals surface area (Å²) in [6.07, 6.45) is 0. The Balaban J connectivity index is 2.03. The van der Waals surface area contributed by atoms with E-state index in [1.807, 2.05) is 30.3 Å². The van der Waals surface area contributed by atoms with E-state index in [1.165, 1.54) is 4.90 Å². The number of benzene rings is 2. The van der Waals surface area contributed by atoms with E-state index in [2.05, 4.69) is 15.9 Å². The zero-order valence-corrected chi connectivity index (χ0v) is 16.6. The number of rotatable bonds is 7. The van der Waals surface area contributed by atoms with Crippen LogP contribution >= 0.6 is 15.9 Å². The highest BCUT2D eigenvalue weighted by Crippen LogP contribution is 2.39. The molecule has 2 aromatic carbocycles. The summed E-state index contributed by atoms with van der Waals surface area (Å²) in [6.45, 7) is 0.375. The van der Waals surface area contributed by atoms with Crippen LogP contribution in [0.4, 0.5) is 0 Å². The van der Waals surface area contributed by atoms with Crippen molar-refractivity contribution in [1.82, 2.24) is 4.90 Å². The van der Waals surface area contributed by atoms with Gasteiger partial charge in [0.15, 0.2) is 0 Å². The molecule has 2 aromatic rings. The topological polar surface area (TPSA) is 87.1 Å². The highest BCUT2D eigenvalue weighted by molar-refractivity contribution is 9.10. The first-order chi connectivity index (χ1) is 13.5. The van der Waals surface area contributed by atoms with Crippen molar-refractivity contribution in [3.8, 4) is 0 Å². The molecule has 3 rings (SSSR count). The van der Waals surface area contributed by atoms with Crippen LogP contribution in [0.3, 0.4) is 0 Å². The number of halogens is 1. The Hall–Kier alpha value is -2.48. The smallest absolute Gasteiger partial charge is 0.295 e. The molecule has 1 aliphatic rings. The molecule has 1 unspecified atom stereocenters. The average molecular weight is 446 g/mol. The van der Waals surface area contributed by atoms with Gasteiger partial charge in [-0.05, 0) is 17.7 Å². The van der Waals surface area contributed by atoms with Gasteiger partial charge in [0.1, 0.15) is 5.76 Å². The molecule has 0 aliphatic carbocycles. The molecule has 1 aliphatic heterocycles. The number of ketones is 1. The third-order valence-electron chi connectivity index (χ3n) is 4.49. The number of ether oxygens (including phenoxy) is 1. The summed E-state index contributed by atoms with van der Waals surface area (Å²) in [5.41, 5.74) is 1.24. The maximum Gasteiger partial charge on any atom is 0.295 e. The Bertz CT molecular complexity index is 879. The monoisotopic (exact) mass is 445 g/mol. The lowest BCUT2D eigenvalue weighted by Gasteiger charge is -2.25. The summed E-state index contributed by atoms with van der Waals surface area (Å²) in [5.74, 6) is -1.62. The van der Waals surface area contributed by atoms with Crippen LogP contribution in [0.1, 0.15) is 17.2 Å². The van der Waals surface area contributed by atoms with Crippen molar-refractivity contribution in [3.05, 3.63) is 75.8 Å². The van der Waals surface area contributed by atoms with Crippen molar-refractivity contribution >= 4 is 33.4 Å². The minimum absolute atomic E-state index is 0.0562. The Labute approximate surface area is 171 Å². The van der Waals surface area contributed by atoms with Crippen LogP contribution in [-0.2, 0) is 14.3 Å². The molecule has 1 atom stereocenters. The summed E-state index contributed by atoms with van der Waals surface area (Å²) in [4.78, 5) is 26.8. The standard InChI is InChI=1S/C21H20BrNO5/c22-16-8-6-15(7-9-16)19(25)17-18(14-4-2-1-3-5-14)23(21(27)20(17)26)10-12-28-13-11-24/h1-9,18,24-25H,10-13H2. The second-order valence-corrected chi connectivity index (χ2v) is 7.16. The minimum atomic E-state index is -0.726. The number of aliphatic hydroxyl groups is 2. The van der Waals surface area contributed by atoms with E-state index in [9.17, 15) is 14.7 Å². The van der Waals surface area contributed by atoms with Gasteiger partial charge in [-0.2, -0.15) is 0 Å². The Kier molecular flexibility index (Phi) is 6.61. The van der Waals surface area contributed by atoms with Gasteiger partial charge in [0.2, 0.25) is 0 Å². The summed E-state index contributed by atoms with van der Waals surface area (Å²) in [6, 6.07) is 15.3. The van der Waals surface area contributed by atoms with Crippen LogP contribution in [0.25, 0.3) is 5.76 Å². The third kappa shape index (κ3) is 4.16. The van der Waals surface area contributed by atoms with Gasteiger partial charge in [0.05, 0.1) is 31.4 Å². The van der Waals surface area contributed by atoms with Gasteiger partial charge in [-0.1, -0.05) is 58.4 Å². The first-order valence-corrected chi connectivity index (χ1v) is 9.61. The molecule has 0 bridgehead atoms. The fourth-order valence-electron chi connectivity index (χ4n) is 3.19. The molecule has 0 saturated carbocycles. The lowest BCUT2D eigenvalue weighted by molar-refractivity contribution is -0.140. The van der Waals surface area contributed by atoms with Gasteiger partial charge in [-0.25, -0.2) is 0 Å². The van der Waals surface area contributed by atoms with Crippen molar-refractivity contribution < 1.29 is 24.5 Å². The van der Waals surface area contributed by atoms with Crippen LogP contribution in [0, 0.1) is 0 Å². The van der Waals surface area contributed by atoms with E-state index >= 15 is 0 Å². The summed E-state index contributed by atoms with van der Waals surface area (Å²) < 4.78 is 6.11. The van der Waals surface area contributed by atoms with E-state index in [0.29, 0.717) is 5.56 Å². The number of likely N-dealkylation sites (tertiary alicyclic amines) is 1. The van der Waals surface area contributed by atoms with E-state index < -0.39 is 17.7 Å². The maximum absolute atomic E-state index is 12.8. The molecule has 1 amide bonds. The highest BCUT2D eigenvalue weighted by atomic mass is 79.9. The Morgan fingerprint density at radius 1 is 1.04 bits per heavy atom. The first kappa shape index (κ1) is 20.3. The number of amides is 1. The fraction of sp³-hybridized carbons (Fsp3) is 0.238. The predicted molar refractivity (Wildman–Crippen MR) is 107 cm³/mol. The van der Waals surface area contributed by atoms with Gasteiger partial charge in [-0.3, -0.25) is 9.59 Å². The Morgan fingerprint density at radius 2 is 1.71 bits per heavy atom. The van der Waals surface area contributed by atoms with Crippen LogP contribution < -0.4 is 0 Å². The number of Topliss-reactive ketones (excluding diaryl/α,β-unsaturated/α-hetero) is 1. The molecule has 6 nitrogen and oxygen atoms in total. The quantitative estimate of drug-likeness (QED) is 0.296. The number of aliphatic hydroxyl groups excluding tert-OH is 2. The summed E-state index contributed by atoms with van der Waals surface area (Å²) in [7, 11) is 0. The largest absolute Gasteiger partial charge is 0.507 e. The molecule has 28 heavy (non-hydrogen) atoms. The molecule has 0 radical (unpaired) electrons. The Morgan fingerprint density at radius 3 is 2.36 bits per heavy atom. The maximum atomic E-state index is 12.8. The average Bonchev–Trinajstić information content (AvgIpc) is 2.97. The zero-order chi connectivity index (χ0) is 20.1. The van der Waals surface area contributed by atoms with E-state index in [1.54, 1.807) is 24.3 Å². The molecule has 1 fully saturated rings. The molecule has 1 saturated heterocycles. The number of hydrogen-bond donors (Lipinski definition) is 2. The third-order valence-corrected chi connectivity index (χ3v) is 5.01. The summed E-state index contributed by atoms with van der Waals surface area (Å²) >= 11 is 3.34. The van der Waals surface area contributed by atoms with E-state index in [-0.39, 0.29) is 37.7 Å². The number of carbonyl (C=O) groups is 2. The van der Waals surface area contributed by atoms with Crippen molar-refractivity contribution in [1.29, 1.82) is 0 Å². The predicted octanol–water partition coefficient (Wildman–Crippen LogP) is 2.88. The molecular weight excluding hydrogens is 426 g/mol. The van der Waals surface area contributed by atoms with Gasteiger partial charge in [0.25, 0.3) is 11.7 Å². The minimum Gasteiger partial charge on any atom is -0.507 e. The van der Waals surface area contributed by atoms with Crippen LogP contribution in [0.5, 0.6) is 0 Å². The van der Waals surface area contributed by atoms with Crippen molar-refractivity contribution in [2.24, 2.45) is 0 Å². The van der Waals surface area contributed by atoms with Crippen LogP contribution in [0.2, 0.25) is 0 Å². The van der Waals surface area contributed by atoms with Gasteiger partial charge < -0.3 is 19.8 Å². The van der Waals surface area contributed by atoms with E-state index in [4.69, 9.17) is 9.84 Å². The number of hydrogen-bond acceptors (Lipinski definition) is 5. The fourth-order valence-corrected chi connectivity index (χ4v) is 3.45. The van der Waals surface area contributed by atoms with Crippen molar-refractivity contribution in [3.63, 3.8) is 0 Å². The molecule has 146 valence electrons. The van der Waals surface area contributed by atoms with Gasteiger partial charge in [0, 0.05) is 16.6 Å². The normalized spacial score (nSPS) is 18.6. The van der Waals surface area contributed by atoms with Gasteiger partial charge >= 0.3 is 0 Å². The SMILES string of the molecule is O=C1C(=O)N(CCOCCO)C(c2ccccc2)C1=C(O)c1ccc(Br)cc1. The molecule has 0 aromatic heterocycles. The second kappa shape index (κ2) is 9.14. The highest BCUT2D eigenvalue weighted by Gasteiger charge is 2.45. The second-order valence-electron chi connectivity index (χ2n) is 6.25. The lowest BCUT2D eigenvalue weighted by atomic mass is 9.95. The number of carbonyl (C=O) groups excluding carboxylic acids is 2. The number of nitrogens with zero attached hydrogens (tertiary/aromatic N) is 1. The van der Waals surface area contributed by atoms with Crippen molar-refractivity contribution in [2.75, 3.05) is 26.4 Å². The zero-order valence-electron chi connectivity index (χ0n) is 15.0. The summed E-state index contributed by atoms with van der Waals surface area (Å²) in [5, 5.41) is 19.7. The lowest BCUT2D eigenvalue weighted by Crippen LogP contribution is -2.33.